The number of ether oxygens (including phenoxy) is 1. The zero-order valence-corrected chi connectivity index (χ0v) is 16.3. The van der Waals surface area contributed by atoms with Crippen molar-refractivity contribution in [3.8, 4) is 5.75 Å². The molecule has 2 aromatic rings. The van der Waals surface area contributed by atoms with Crippen molar-refractivity contribution in [2.24, 2.45) is 5.92 Å². The Balaban J connectivity index is 1.68. The Hall–Kier alpha value is -2.38. The maximum atomic E-state index is 13.0. The van der Waals surface area contributed by atoms with Crippen LogP contribution in [0.15, 0.2) is 53.4 Å². The molecule has 3 rings (SSSR count). The molecule has 0 unspecified atom stereocenters. The van der Waals surface area contributed by atoms with Crippen LogP contribution in [0.4, 0.5) is 5.69 Å². The van der Waals surface area contributed by atoms with Crippen molar-refractivity contribution >= 4 is 21.6 Å². The molecule has 2 aromatic carbocycles. The first kappa shape index (κ1) is 19.4. The average Bonchev–Trinajstić information content (AvgIpc) is 2.69. The molecular weight excluding hydrogens is 364 g/mol. The molecule has 0 spiro atoms. The number of nitrogens with one attached hydrogen (secondary N) is 1. The number of para-hydroxylation sites is 1. The van der Waals surface area contributed by atoms with E-state index in [4.69, 9.17) is 4.74 Å². The smallest absolute Gasteiger partial charge is 0.246 e. The SMILES string of the molecule is COc1ccc(C)cc1S(=O)(=O)N1CCC(C(=O)Nc2ccccc2)CC1. The Morgan fingerprint density at radius 3 is 2.41 bits per heavy atom. The van der Waals surface area contributed by atoms with Crippen LogP contribution in [0, 0.1) is 12.8 Å². The van der Waals surface area contributed by atoms with Gasteiger partial charge < -0.3 is 10.1 Å². The van der Waals surface area contributed by atoms with E-state index >= 15 is 0 Å². The molecule has 27 heavy (non-hydrogen) atoms. The van der Waals surface area contributed by atoms with Crippen molar-refractivity contribution in [3.05, 3.63) is 54.1 Å². The highest BCUT2D eigenvalue weighted by Gasteiger charge is 2.33. The number of methoxy groups -OCH3 is 1. The number of hydrogen-bond donors (Lipinski definition) is 1. The molecule has 1 amide bonds. The Labute approximate surface area is 160 Å². The summed E-state index contributed by atoms with van der Waals surface area (Å²) in [6.07, 6.45) is 0.984. The van der Waals surface area contributed by atoms with Crippen LogP contribution < -0.4 is 10.1 Å². The van der Waals surface area contributed by atoms with Gasteiger partial charge in [0.15, 0.2) is 0 Å². The number of amides is 1. The summed E-state index contributed by atoms with van der Waals surface area (Å²) < 4.78 is 32.7. The summed E-state index contributed by atoms with van der Waals surface area (Å²) in [4.78, 5) is 12.6. The molecular formula is C20H24N2O4S. The fourth-order valence-electron chi connectivity index (χ4n) is 3.25. The lowest BCUT2D eigenvalue weighted by atomic mass is 9.97. The van der Waals surface area contributed by atoms with Crippen LogP contribution in [0.3, 0.4) is 0 Å². The summed E-state index contributed by atoms with van der Waals surface area (Å²) in [6, 6.07) is 14.4. The van der Waals surface area contributed by atoms with Crippen LogP contribution in [-0.2, 0) is 14.8 Å². The number of hydrogen-bond acceptors (Lipinski definition) is 4. The van der Waals surface area contributed by atoms with Crippen molar-refractivity contribution in [3.63, 3.8) is 0 Å². The van der Waals surface area contributed by atoms with Gasteiger partial charge in [0.2, 0.25) is 15.9 Å². The Bertz CT molecular complexity index is 905. The quantitative estimate of drug-likeness (QED) is 0.854. The molecule has 0 saturated carbocycles. The number of anilines is 1. The second-order valence-corrected chi connectivity index (χ2v) is 8.59. The van der Waals surface area contributed by atoms with Crippen molar-refractivity contribution < 1.29 is 17.9 Å². The Morgan fingerprint density at radius 2 is 1.78 bits per heavy atom. The van der Waals surface area contributed by atoms with Crippen LogP contribution >= 0.6 is 0 Å². The van der Waals surface area contributed by atoms with Crippen LogP contribution in [0.5, 0.6) is 5.75 Å². The van der Waals surface area contributed by atoms with Crippen molar-refractivity contribution in [1.29, 1.82) is 0 Å². The Kier molecular flexibility index (Phi) is 5.82. The first-order valence-corrected chi connectivity index (χ1v) is 10.4. The minimum Gasteiger partial charge on any atom is -0.495 e. The number of aryl methyl sites for hydroxylation is 1. The van der Waals surface area contributed by atoms with E-state index in [1.54, 1.807) is 12.1 Å². The van der Waals surface area contributed by atoms with E-state index < -0.39 is 10.0 Å². The van der Waals surface area contributed by atoms with Gasteiger partial charge in [-0.25, -0.2) is 8.42 Å². The normalized spacial score (nSPS) is 16.1. The first-order chi connectivity index (χ1) is 12.9. The molecule has 6 nitrogen and oxygen atoms in total. The van der Waals surface area contributed by atoms with E-state index in [1.165, 1.54) is 11.4 Å². The lowest BCUT2D eigenvalue weighted by molar-refractivity contribution is -0.120. The molecule has 1 heterocycles. The summed E-state index contributed by atoms with van der Waals surface area (Å²) in [5, 5.41) is 2.90. The minimum atomic E-state index is -3.66. The highest BCUT2D eigenvalue weighted by atomic mass is 32.2. The van der Waals surface area contributed by atoms with E-state index in [0.717, 1.165) is 11.3 Å². The maximum absolute atomic E-state index is 13.0. The van der Waals surface area contributed by atoms with E-state index in [2.05, 4.69) is 5.32 Å². The van der Waals surface area contributed by atoms with Crippen molar-refractivity contribution in [1.82, 2.24) is 4.31 Å². The summed E-state index contributed by atoms with van der Waals surface area (Å²) in [6.45, 7) is 2.47. The zero-order chi connectivity index (χ0) is 19.4. The third kappa shape index (κ3) is 4.31. The largest absolute Gasteiger partial charge is 0.495 e. The lowest BCUT2D eigenvalue weighted by Gasteiger charge is -2.31. The second-order valence-electron chi connectivity index (χ2n) is 6.69. The molecule has 1 fully saturated rings. The van der Waals surface area contributed by atoms with Gasteiger partial charge in [-0.05, 0) is 49.6 Å². The van der Waals surface area contributed by atoms with Crippen LogP contribution in [-0.4, -0.2) is 38.8 Å². The molecule has 144 valence electrons. The third-order valence-electron chi connectivity index (χ3n) is 4.80. The molecule has 0 aliphatic carbocycles. The highest BCUT2D eigenvalue weighted by molar-refractivity contribution is 7.89. The van der Waals surface area contributed by atoms with Crippen molar-refractivity contribution in [2.75, 3.05) is 25.5 Å². The van der Waals surface area contributed by atoms with E-state index in [0.29, 0.717) is 31.7 Å². The number of rotatable bonds is 5. The van der Waals surface area contributed by atoms with Gasteiger partial charge in [0.25, 0.3) is 0 Å². The number of piperidine rings is 1. The van der Waals surface area contributed by atoms with Gasteiger partial charge in [0.05, 0.1) is 7.11 Å². The zero-order valence-electron chi connectivity index (χ0n) is 15.5. The highest BCUT2D eigenvalue weighted by Crippen LogP contribution is 2.30. The van der Waals surface area contributed by atoms with Gasteiger partial charge in [-0.15, -0.1) is 0 Å². The number of sulfonamides is 1. The van der Waals surface area contributed by atoms with Crippen LogP contribution in [0.2, 0.25) is 0 Å². The molecule has 1 N–H and O–H groups in total. The lowest BCUT2D eigenvalue weighted by Crippen LogP contribution is -2.41. The van der Waals surface area contributed by atoms with Crippen LogP contribution in [0.1, 0.15) is 18.4 Å². The molecule has 0 atom stereocenters. The van der Waals surface area contributed by atoms with Crippen LogP contribution in [0.25, 0.3) is 0 Å². The monoisotopic (exact) mass is 388 g/mol. The topological polar surface area (TPSA) is 75.7 Å². The van der Waals surface area contributed by atoms with Gasteiger partial charge >= 0.3 is 0 Å². The van der Waals surface area contributed by atoms with Gasteiger partial charge in [-0.3, -0.25) is 4.79 Å². The molecule has 1 aliphatic rings. The summed E-state index contributed by atoms with van der Waals surface area (Å²) >= 11 is 0. The fraction of sp³-hybridized carbons (Fsp3) is 0.350. The molecule has 0 radical (unpaired) electrons. The fourth-order valence-corrected chi connectivity index (χ4v) is 4.96. The minimum absolute atomic E-state index is 0.0635. The van der Waals surface area contributed by atoms with E-state index in [-0.39, 0.29) is 16.7 Å². The summed E-state index contributed by atoms with van der Waals surface area (Å²) in [5.74, 6) is 0.0759. The molecule has 1 saturated heterocycles. The van der Waals surface area contributed by atoms with Gasteiger partial charge in [0, 0.05) is 24.7 Å². The third-order valence-corrected chi connectivity index (χ3v) is 6.72. The van der Waals surface area contributed by atoms with Crippen molar-refractivity contribution in [2.45, 2.75) is 24.7 Å². The number of nitrogens with zero attached hydrogens (tertiary/aromatic N) is 1. The first-order valence-electron chi connectivity index (χ1n) is 8.92. The predicted molar refractivity (Wildman–Crippen MR) is 104 cm³/mol. The molecule has 1 aliphatic heterocycles. The number of benzene rings is 2. The maximum Gasteiger partial charge on any atom is 0.246 e. The number of carbonyl (C=O) groups is 1. The standard InChI is InChI=1S/C20H24N2O4S/c1-15-8-9-18(26-2)19(14-15)27(24,25)22-12-10-16(11-13-22)20(23)21-17-6-4-3-5-7-17/h3-9,14,16H,10-13H2,1-2H3,(H,21,23). The molecule has 7 heteroatoms. The van der Waals surface area contributed by atoms with Gasteiger partial charge in [-0.1, -0.05) is 24.3 Å². The summed E-state index contributed by atoms with van der Waals surface area (Å²) in [7, 11) is -2.20. The predicted octanol–water partition coefficient (Wildman–Crippen LogP) is 3.04. The second kappa shape index (κ2) is 8.10. The molecule has 0 bridgehead atoms. The Morgan fingerprint density at radius 1 is 1.11 bits per heavy atom. The summed E-state index contributed by atoms with van der Waals surface area (Å²) in [5.41, 5.74) is 1.61. The number of carbonyl (C=O) groups excluding carboxylic acids is 1. The average molecular weight is 388 g/mol. The van der Waals surface area contributed by atoms with Gasteiger partial charge in [-0.2, -0.15) is 4.31 Å². The van der Waals surface area contributed by atoms with E-state index in [1.807, 2.05) is 43.3 Å². The van der Waals surface area contributed by atoms with E-state index in [9.17, 15) is 13.2 Å². The molecule has 0 aromatic heterocycles. The van der Waals surface area contributed by atoms with Gasteiger partial charge in [0.1, 0.15) is 10.6 Å².